The third-order valence-corrected chi connectivity index (χ3v) is 4.54. The maximum absolute atomic E-state index is 13.8. The number of nitrogens with zero attached hydrogens (tertiary/aromatic N) is 2. The fourth-order valence-electron chi connectivity index (χ4n) is 3.08. The smallest absolute Gasteiger partial charge is 0.127 e. The maximum Gasteiger partial charge on any atom is 0.127 e. The molecule has 1 aromatic rings. The zero-order valence-corrected chi connectivity index (χ0v) is 13.0. The van der Waals surface area contributed by atoms with E-state index in [9.17, 15) is 4.39 Å². The van der Waals surface area contributed by atoms with Crippen LogP contribution < -0.4 is 0 Å². The zero-order valence-electron chi connectivity index (χ0n) is 13.0. The highest BCUT2D eigenvalue weighted by Crippen LogP contribution is 2.29. The first-order valence-corrected chi connectivity index (χ1v) is 7.71. The number of hydrogen-bond acceptors (Lipinski definition) is 2. The van der Waals surface area contributed by atoms with Crippen LogP contribution in [-0.4, -0.2) is 43.5 Å². The van der Waals surface area contributed by atoms with Gasteiger partial charge in [-0.15, -0.1) is 0 Å². The summed E-state index contributed by atoms with van der Waals surface area (Å²) in [5, 5.41) is 0. The first-order valence-electron chi connectivity index (χ1n) is 7.71. The summed E-state index contributed by atoms with van der Waals surface area (Å²) in [6.45, 7) is 5.48. The molecule has 0 N–H and O–H groups in total. The maximum atomic E-state index is 13.8. The van der Waals surface area contributed by atoms with Crippen LogP contribution in [0.15, 0.2) is 24.3 Å². The molecule has 1 heterocycles. The fourth-order valence-corrected chi connectivity index (χ4v) is 3.08. The van der Waals surface area contributed by atoms with Crippen LogP contribution in [0.1, 0.15) is 37.8 Å². The minimum atomic E-state index is -0.0743. The number of halogens is 1. The molecule has 20 heavy (non-hydrogen) atoms. The van der Waals surface area contributed by atoms with Gasteiger partial charge in [0.1, 0.15) is 5.82 Å². The number of hydrogen-bond donors (Lipinski definition) is 0. The van der Waals surface area contributed by atoms with Crippen LogP contribution in [0.5, 0.6) is 0 Å². The molecule has 112 valence electrons. The molecule has 1 aliphatic rings. The summed E-state index contributed by atoms with van der Waals surface area (Å²) in [6, 6.07) is 7.36. The van der Waals surface area contributed by atoms with Gasteiger partial charge in [0.05, 0.1) is 0 Å². The van der Waals surface area contributed by atoms with Crippen LogP contribution in [0.4, 0.5) is 4.39 Å². The van der Waals surface area contributed by atoms with Gasteiger partial charge in [0.15, 0.2) is 0 Å². The summed E-state index contributed by atoms with van der Waals surface area (Å²) in [5.41, 5.74) is 0.833. The van der Waals surface area contributed by atoms with E-state index < -0.39 is 0 Å². The molecule has 0 spiro atoms. The van der Waals surface area contributed by atoms with Crippen molar-refractivity contribution in [3.63, 3.8) is 0 Å². The van der Waals surface area contributed by atoms with Gasteiger partial charge in [-0.05, 0) is 71.9 Å². The lowest BCUT2D eigenvalue weighted by Gasteiger charge is -2.36. The minimum Gasteiger partial charge on any atom is -0.309 e. The predicted octanol–water partition coefficient (Wildman–Crippen LogP) is 3.55. The Labute approximate surface area is 122 Å². The number of benzene rings is 1. The normalized spacial score (nSPS) is 19.4. The van der Waals surface area contributed by atoms with Crippen molar-refractivity contribution in [1.82, 2.24) is 9.80 Å². The largest absolute Gasteiger partial charge is 0.309 e. The van der Waals surface area contributed by atoms with Gasteiger partial charge >= 0.3 is 0 Å². The molecule has 0 aromatic heterocycles. The Bertz CT molecular complexity index is 411. The van der Waals surface area contributed by atoms with Gasteiger partial charge in [0, 0.05) is 11.6 Å². The Hall–Kier alpha value is -0.930. The van der Waals surface area contributed by atoms with Crippen LogP contribution >= 0.6 is 0 Å². The van der Waals surface area contributed by atoms with E-state index in [4.69, 9.17) is 0 Å². The van der Waals surface area contributed by atoms with Gasteiger partial charge in [0.25, 0.3) is 0 Å². The fraction of sp³-hybridized carbons (Fsp3) is 0.647. The van der Waals surface area contributed by atoms with Crippen molar-refractivity contribution >= 4 is 0 Å². The molecule has 0 bridgehead atoms. The van der Waals surface area contributed by atoms with Crippen molar-refractivity contribution in [2.24, 2.45) is 5.92 Å². The van der Waals surface area contributed by atoms with E-state index in [0.717, 1.165) is 24.6 Å². The average Bonchev–Trinajstić information content (AvgIpc) is 2.45. The van der Waals surface area contributed by atoms with Crippen molar-refractivity contribution < 1.29 is 4.39 Å². The number of likely N-dealkylation sites (tertiary alicyclic amines) is 1. The van der Waals surface area contributed by atoms with Crippen LogP contribution in [0.3, 0.4) is 0 Å². The standard InChI is InChI=1S/C17H27FN2/c1-14(16-6-4-5-7-17(16)18)20-12-9-15(10-13-20)8-11-19(2)3/h4-7,14-15H,8-13H2,1-3H3. The Balaban J connectivity index is 1.86. The highest BCUT2D eigenvalue weighted by molar-refractivity contribution is 5.20. The molecule has 2 rings (SSSR count). The molecule has 1 aromatic carbocycles. The van der Waals surface area contributed by atoms with Crippen LogP contribution in [0, 0.1) is 11.7 Å². The SMILES string of the molecule is CC(c1ccccc1F)N1CCC(CCN(C)C)CC1. The van der Waals surface area contributed by atoms with Crippen molar-refractivity contribution in [3.05, 3.63) is 35.6 Å². The summed E-state index contributed by atoms with van der Waals surface area (Å²) < 4.78 is 13.8. The number of piperidine rings is 1. The van der Waals surface area contributed by atoms with Gasteiger partial charge in [-0.25, -0.2) is 4.39 Å². The second-order valence-corrected chi connectivity index (χ2v) is 6.27. The predicted molar refractivity (Wildman–Crippen MR) is 82.3 cm³/mol. The lowest BCUT2D eigenvalue weighted by molar-refractivity contribution is 0.131. The van der Waals surface area contributed by atoms with Gasteiger partial charge in [-0.2, -0.15) is 0 Å². The highest BCUT2D eigenvalue weighted by Gasteiger charge is 2.24. The van der Waals surface area contributed by atoms with Crippen molar-refractivity contribution in [1.29, 1.82) is 0 Å². The Kier molecular flexibility index (Phi) is 5.55. The lowest BCUT2D eigenvalue weighted by Crippen LogP contribution is -2.36. The Morgan fingerprint density at radius 2 is 1.90 bits per heavy atom. The van der Waals surface area contributed by atoms with Crippen LogP contribution in [0.25, 0.3) is 0 Å². The van der Waals surface area contributed by atoms with Crippen molar-refractivity contribution in [2.45, 2.75) is 32.2 Å². The first-order chi connectivity index (χ1) is 9.58. The summed E-state index contributed by atoms with van der Waals surface area (Å²) in [5.74, 6) is 0.760. The van der Waals surface area contributed by atoms with E-state index in [1.165, 1.54) is 25.8 Å². The van der Waals surface area contributed by atoms with Crippen LogP contribution in [-0.2, 0) is 0 Å². The number of rotatable bonds is 5. The topological polar surface area (TPSA) is 6.48 Å². The summed E-state index contributed by atoms with van der Waals surface area (Å²) in [7, 11) is 4.27. The average molecular weight is 278 g/mol. The third-order valence-electron chi connectivity index (χ3n) is 4.54. The molecule has 3 heteroatoms. The third kappa shape index (κ3) is 4.03. The molecule has 1 unspecified atom stereocenters. The first kappa shape index (κ1) is 15.5. The quantitative estimate of drug-likeness (QED) is 0.812. The van der Waals surface area contributed by atoms with Gasteiger partial charge < -0.3 is 4.90 Å². The van der Waals surface area contributed by atoms with Crippen molar-refractivity contribution in [2.75, 3.05) is 33.7 Å². The molecule has 1 aliphatic heterocycles. The molecule has 1 atom stereocenters. The second kappa shape index (κ2) is 7.19. The molecule has 1 saturated heterocycles. The van der Waals surface area contributed by atoms with E-state index in [0.29, 0.717) is 0 Å². The molecule has 0 amide bonds. The second-order valence-electron chi connectivity index (χ2n) is 6.27. The minimum absolute atomic E-state index is 0.0743. The van der Waals surface area contributed by atoms with E-state index in [1.807, 2.05) is 12.1 Å². The molecular weight excluding hydrogens is 251 g/mol. The van der Waals surface area contributed by atoms with Gasteiger partial charge in [-0.3, -0.25) is 4.90 Å². The summed E-state index contributed by atoms with van der Waals surface area (Å²) in [6.07, 6.45) is 3.77. The van der Waals surface area contributed by atoms with E-state index in [-0.39, 0.29) is 11.9 Å². The van der Waals surface area contributed by atoms with E-state index in [2.05, 4.69) is 30.8 Å². The monoisotopic (exact) mass is 278 g/mol. The molecular formula is C17H27FN2. The Morgan fingerprint density at radius 3 is 2.50 bits per heavy atom. The Morgan fingerprint density at radius 1 is 1.25 bits per heavy atom. The molecule has 0 radical (unpaired) electrons. The summed E-state index contributed by atoms with van der Waals surface area (Å²) in [4.78, 5) is 4.68. The van der Waals surface area contributed by atoms with Crippen LogP contribution in [0.2, 0.25) is 0 Å². The van der Waals surface area contributed by atoms with E-state index in [1.54, 1.807) is 12.1 Å². The highest BCUT2D eigenvalue weighted by atomic mass is 19.1. The zero-order chi connectivity index (χ0) is 14.5. The molecule has 1 fully saturated rings. The van der Waals surface area contributed by atoms with Gasteiger partial charge in [0.2, 0.25) is 0 Å². The summed E-state index contributed by atoms with van der Waals surface area (Å²) >= 11 is 0. The molecule has 0 aliphatic carbocycles. The van der Waals surface area contributed by atoms with Gasteiger partial charge in [-0.1, -0.05) is 18.2 Å². The lowest BCUT2D eigenvalue weighted by atomic mass is 9.92. The molecule has 2 nitrogen and oxygen atoms in total. The van der Waals surface area contributed by atoms with E-state index >= 15 is 0 Å². The molecule has 0 saturated carbocycles. The van der Waals surface area contributed by atoms with Crippen molar-refractivity contribution in [3.8, 4) is 0 Å².